The number of benzene rings is 1. The minimum atomic E-state index is 0.183. The van der Waals surface area contributed by atoms with Crippen LogP contribution in [-0.4, -0.2) is 30.4 Å². The van der Waals surface area contributed by atoms with E-state index in [1.54, 1.807) is 0 Å². The molecule has 20 heavy (non-hydrogen) atoms. The first kappa shape index (κ1) is 14.9. The Morgan fingerprint density at radius 2 is 1.85 bits per heavy atom. The van der Waals surface area contributed by atoms with Crippen molar-refractivity contribution >= 4 is 11.6 Å². The minimum absolute atomic E-state index is 0.183. The highest BCUT2D eigenvalue weighted by Gasteiger charge is 2.22. The van der Waals surface area contributed by atoms with E-state index in [1.165, 1.54) is 12.8 Å². The van der Waals surface area contributed by atoms with Gasteiger partial charge in [-0.1, -0.05) is 19.8 Å². The summed E-state index contributed by atoms with van der Waals surface area (Å²) >= 11 is 0. The Bertz CT molecular complexity index is 419. The zero-order valence-corrected chi connectivity index (χ0v) is 12.7. The van der Waals surface area contributed by atoms with Gasteiger partial charge in [0, 0.05) is 30.9 Å². The number of likely N-dealkylation sites (tertiary alicyclic amines) is 1. The van der Waals surface area contributed by atoms with Crippen molar-refractivity contribution in [3.8, 4) is 0 Å². The van der Waals surface area contributed by atoms with Crippen molar-refractivity contribution in [2.24, 2.45) is 5.92 Å². The number of anilines is 1. The molecule has 1 amide bonds. The maximum Gasteiger partial charge on any atom is 0.253 e. The average Bonchev–Trinajstić information content (AvgIpc) is 2.49. The maximum absolute atomic E-state index is 12.4. The SMILES string of the molecule is CCCC1CCN(C(=O)c2ccc(NCC)cc2)CC1. The van der Waals surface area contributed by atoms with Crippen LogP contribution >= 0.6 is 0 Å². The molecule has 1 heterocycles. The van der Waals surface area contributed by atoms with Crippen LogP contribution < -0.4 is 5.32 Å². The average molecular weight is 274 g/mol. The van der Waals surface area contributed by atoms with Crippen molar-refractivity contribution < 1.29 is 4.79 Å². The predicted octanol–water partition coefficient (Wildman–Crippen LogP) is 3.77. The van der Waals surface area contributed by atoms with Gasteiger partial charge in [0.05, 0.1) is 0 Å². The van der Waals surface area contributed by atoms with Gasteiger partial charge in [0.25, 0.3) is 5.91 Å². The van der Waals surface area contributed by atoms with Crippen LogP contribution in [0.5, 0.6) is 0 Å². The largest absolute Gasteiger partial charge is 0.385 e. The first-order valence-electron chi connectivity index (χ1n) is 7.87. The molecule has 0 atom stereocenters. The molecule has 3 nitrogen and oxygen atoms in total. The summed E-state index contributed by atoms with van der Waals surface area (Å²) in [6.07, 6.45) is 4.88. The Kier molecular flexibility index (Phi) is 5.45. The number of piperidine rings is 1. The number of nitrogens with zero attached hydrogens (tertiary/aromatic N) is 1. The van der Waals surface area contributed by atoms with Crippen molar-refractivity contribution in [1.82, 2.24) is 4.90 Å². The van der Waals surface area contributed by atoms with Crippen LogP contribution in [0.1, 0.15) is 49.9 Å². The number of hydrogen-bond donors (Lipinski definition) is 1. The van der Waals surface area contributed by atoms with E-state index in [0.717, 1.165) is 49.6 Å². The fraction of sp³-hybridized carbons (Fsp3) is 0.588. The van der Waals surface area contributed by atoms with E-state index < -0.39 is 0 Å². The molecule has 1 aromatic carbocycles. The normalized spacial score (nSPS) is 16.2. The Balaban J connectivity index is 1.91. The Morgan fingerprint density at radius 1 is 1.20 bits per heavy atom. The van der Waals surface area contributed by atoms with E-state index in [9.17, 15) is 4.79 Å². The van der Waals surface area contributed by atoms with Crippen LogP contribution in [0.4, 0.5) is 5.69 Å². The van der Waals surface area contributed by atoms with Gasteiger partial charge in [0.2, 0.25) is 0 Å². The van der Waals surface area contributed by atoms with Gasteiger partial charge in [-0.3, -0.25) is 4.79 Å². The molecule has 1 aliphatic rings. The van der Waals surface area contributed by atoms with Crippen molar-refractivity contribution in [2.45, 2.75) is 39.5 Å². The third kappa shape index (κ3) is 3.75. The monoisotopic (exact) mass is 274 g/mol. The molecule has 1 saturated heterocycles. The number of carbonyl (C=O) groups excluding carboxylic acids is 1. The molecule has 3 heteroatoms. The Labute approximate surface area is 122 Å². The van der Waals surface area contributed by atoms with Crippen LogP contribution in [0.3, 0.4) is 0 Å². The molecule has 0 bridgehead atoms. The zero-order valence-electron chi connectivity index (χ0n) is 12.7. The van der Waals surface area contributed by atoms with Gasteiger partial charge in [-0.2, -0.15) is 0 Å². The lowest BCUT2D eigenvalue weighted by Crippen LogP contribution is -2.38. The Morgan fingerprint density at radius 3 is 2.40 bits per heavy atom. The lowest BCUT2D eigenvalue weighted by molar-refractivity contribution is 0.0686. The van der Waals surface area contributed by atoms with Crippen LogP contribution in [0.2, 0.25) is 0 Å². The summed E-state index contributed by atoms with van der Waals surface area (Å²) in [5.74, 6) is 1.00. The van der Waals surface area contributed by atoms with Gasteiger partial charge < -0.3 is 10.2 Å². The number of hydrogen-bond acceptors (Lipinski definition) is 2. The van der Waals surface area contributed by atoms with Crippen molar-refractivity contribution in [2.75, 3.05) is 25.0 Å². The molecule has 0 saturated carbocycles. The molecule has 110 valence electrons. The summed E-state index contributed by atoms with van der Waals surface area (Å²) in [4.78, 5) is 14.4. The van der Waals surface area contributed by atoms with E-state index in [-0.39, 0.29) is 5.91 Å². The molecular formula is C17H26N2O. The topological polar surface area (TPSA) is 32.3 Å². The molecule has 1 N–H and O–H groups in total. The van der Waals surface area contributed by atoms with Crippen molar-refractivity contribution in [1.29, 1.82) is 0 Å². The molecule has 1 aromatic rings. The molecule has 0 unspecified atom stereocenters. The van der Waals surface area contributed by atoms with Crippen molar-refractivity contribution in [3.63, 3.8) is 0 Å². The zero-order chi connectivity index (χ0) is 14.4. The van der Waals surface area contributed by atoms with Crippen LogP contribution in [-0.2, 0) is 0 Å². The summed E-state index contributed by atoms with van der Waals surface area (Å²) in [6.45, 7) is 7.04. The number of rotatable bonds is 5. The third-order valence-corrected chi connectivity index (χ3v) is 4.11. The van der Waals surface area contributed by atoms with Crippen LogP contribution in [0, 0.1) is 5.92 Å². The van der Waals surface area contributed by atoms with Crippen LogP contribution in [0.15, 0.2) is 24.3 Å². The Hall–Kier alpha value is -1.51. The second-order valence-electron chi connectivity index (χ2n) is 5.63. The standard InChI is InChI=1S/C17H26N2O/c1-3-5-14-10-12-19(13-11-14)17(20)15-6-8-16(9-7-15)18-4-2/h6-9,14,18H,3-5,10-13H2,1-2H3. The van der Waals surface area contributed by atoms with E-state index in [4.69, 9.17) is 0 Å². The highest BCUT2D eigenvalue weighted by molar-refractivity contribution is 5.94. The molecular weight excluding hydrogens is 248 g/mol. The molecule has 0 aromatic heterocycles. The quantitative estimate of drug-likeness (QED) is 0.886. The summed E-state index contributed by atoms with van der Waals surface area (Å²) in [5, 5.41) is 3.25. The molecule has 1 aliphatic heterocycles. The van der Waals surface area contributed by atoms with E-state index in [0.29, 0.717) is 0 Å². The highest BCUT2D eigenvalue weighted by atomic mass is 16.2. The van der Waals surface area contributed by atoms with E-state index in [1.807, 2.05) is 29.2 Å². The van der Waals surface area contributed by atoms with E-state index in [2.05, 4.69) is 19.2 Å². The van der Waals surface area contributed by atoms with Crippen molar-refractivity contribution in [3.05, 3.63) is 29.8 Å². The third-order valence-electron chi connectivity index (χ3n) is 4.11. The number of nitrogens with one attached hydrogen (secondary N) is 1. The van der Waals surface area contributed by atoms with Crippen LogP contribution in [0.25, 0.3) is 0 Å². The lowest BCUT2D eigenvalue weighted by atomic mass is 9.92. The maximum atomic E-state index is 12.4. The van der Waals surface area contributed by atoms with Gasteiger partial charge in [0.15, 0.2) is 0 Å². The van der Waals surface area contributed by atoms with Gasteiger partial charge in [-0.15, -0.1) is 0 Å². The van der Waals surface area contributed by atoms with Gasteiger partial charge in [0.1, 0.15) is 0 Å². The fourth-order valence-electron chi connectivity index (χ4n) is 2.95. The summed E-state index contributed by atoms with van der Waals surface area (Å²) in [6, 6.07) is 7.83. The molecule has 0 aliphatic carbocycles. The van der Waals surface area contributed by atoms with Gasteiger partial charge in [-0.05, 0) is 49.9 Å². The second kappa shape index (κ2) is 7.32. The van der Waals surface area contributed by atoms with E-state index >= 15 is 0 Å². The second-order valence-corrected chi connectivity index (χ2v) is 5.63. The molecule has 2 rings (SSSR count). The number of carbonyl (C=O) groups is 1. The minimum Gasteiger partial charge on any atom is -0.385 e. The van der Waals surface area contributed by atoms with Gasteiger partial charge >= 0.3 is 0 Å². The number of amides is 1. The fourth-order valence-corrected chi connectivity index (χ4v) is 2.95. The lowest BCUT2D eigenvalue weighted by Gasteiger charge is -2.32. The first-order chi connectivity index (χ1) is 9.74. The molecule has 1 fully saturated rings. The summed E-state index contributed by atoms with van der Waals surface area (Å²) < 4.78 is 0. The highest BCUT2D eigenvalue weighted by Crippen LogP contribution is 2.23. The predicted molar refractivity (Wildman–Crippen MR) is 84.1 cm³/mol. The molecule has 0 spiro atoms. The van der Waals surface area contributed by atoms with Gasteiger partial charge in [-0.25, -0.2) is 0 Å². The summed E-state index contributed by atoms with van der Waals surface area (Å²) in [7, 11) is 0. The smallest absolute Gasteiger partial charge is 0.253 e. The first-order valence-corrected chi connectivity index (χ1v) is 7.87. The molecule has 0 radical (unpaired) electrons. The summed E-state index contributed by atoms with van der Waals surface area (Å²) in [5.41, 5.74) is 1.88.